The van der Waals surface area contributed by atoms with Gasteiger partial charge in [-0.25, -0.2) is 4.39 Å². The molecule has 0 radical (unpaired) electrons. The van der Waals surface area contributed by atoms with E-state index in [9.17, 15) is 18.8 Å². The number of carbonyl (C=O) groups excluding carboxylic acids is 3. The summed E-state index contributed by atoms with van der Waals surface area (Å²) < 4.78 is 23.4. The standard InChI is InChI=1S/C27H30FN5O4S/c1-15(2)16-7-11-19(12-8-16)33(27(36)24-21(29)22(25(30)34)32-38-24)23(17-5-9-18(28)10-6-17)26(35)31-14-20-4-3-13-37-20/h5-12,15,20,23H,3-4,13-14,29H2,1-2H3,(H2,30,34)(H,31,35)/t20-,23+/m0/s1. The lowest BCUT2D eigenvalue weighted by Crippen LogP contribution is -2.45. The van der Waals surface area contributed by atoms with Gasteiger partial charge in [0, 0.05) is 18.8 Å². The fourth-order valence-electron chi connectivity index (χ4n) is 4.32. The highest BCUT2D eigenvalue weighted by Crippen LogP contribution is 2.34. The number of anilines is 2. The Morgan fingerprint density at radius 2 is 1.79 bits per heavy atom. The van der Waals surface area contributed by atoms with Crippen molar-refractivity contribution < 1.29 is 23.5 Å². The second-order valence-electron chi connectivity index (χ2n) is 9.39. The van der Waals surface area contributed by atoms with Crippen molar-refractivity contribution in [2.75, 3.05) is 23.8 Å². The quantitative estimate of drug-likeness (QED) is 0.378. The molecule has 0 aliphatic carbocycles. The van der Waals surface area contributed by atoms with Crippen LogP contribution >= 0.6 is 11.5 Å². The first kappa shape index (κ1) is 27.2. The third-order valence-electron chi connectivity index (χ3n) is 6.43. The maximum absolute atomic E-state index is 14.1. The van der Waals surface area contributed by atoms with Crippen molar-refractivity contribution in [3.63, 3.8) is 0 Å². The summed E-state index contributed by atoms with van der Waals surface area (Å²) >= 11 is 0.725. The number of ether oxygens (including phenoxy) is 1. The number of nitrogens with two attached hydrogens (primary N) is 2. The van der Waals surface area contributed by atoms with Crippen molar-refractivity contribution >= 4 is 40.6 Å². The molecule has 0 saturated carbocycles. The number of primary amides is 1. The van der Waals surface area contributed by atoms with Gasteiger partial charge in [0.25, 0.3) is 11.8 Å². The van der Waals surface area contributed by atoms with Crippen LogP contribution in [0.4, 0.5) is 15.8 Å². The van der Waals surface area contributed by atoms with Crippen molar-refractivity contribution in [1.82, 2.24) is 9.69 Å². The van der Waals surface area contributed by atoms with Crippen LogP contribution in [0.2, 0.25) is 0 Å². The molecule has 4 rings (SSSR count). The molecule has 2 aromatic carbocycles. The number of nitrogens with one attached hydrogen (secondary N) is 1. The number of aromatic nitrogens is 1. The Hall–Kier alpha value is -3.83. The van der Waals surface area contributed by atoms with Crippen LogP contribution in [0.5, 0.6) is 0 Å². The molecule has 1 aliphatic rings. The Bertz CT molecular complexity index is 1300. The highest BCUT2D eigenvalue weighted by atomic mass is 32.1. The van der Waals surface area contributed by atoms with Gasteiger partial charge in [-0.05, 0) is 65.7 Å². The van der Waals surface area contributed by atoms with Gasteiger partial charge in [0.2, 0.25) is 5.91 Å². The van der Waals surface area contributed by atoms with E-state index in [1.807, 2.05) is 26.0 Å². The summed E-state index contributed by atoms with van der Waals surface area (Å²) in [5.41, 5.74) is 12.9. The lowest BCUT2D eigenvalue weighted by atomic mass is 10.00. The average Bonchev–Trinajstić information content (AvgIpc) is 3.56. The van der Waals surface area contributed by atoms with E-state index < -0.39 is 29.6 Å². The highest BCUT2D eigenvalue weighted by molar-refractivity contribution is 7.09. The van der Waals surface area contributed by atoms with Crippen molar-refractivity contribution in [1.29, 1.82) is 0 Å². The van der Waals surface area contributed by atoms with E-state index in [0.29, 0.717) is 17.9 Å². The zero-order valence-electron chi connectivity index (χ0n) is 21.1. The summed E-state index contributed by atoms with van der Waals surface area (Å²) in [5.74, 6) is -2.23. The number of benzene rings is 2. The van der Waals surface area contributed by atoms with Crippen LogP contribution in [0.3, 0.4) is 0 Å². The second-order valence-corrected chi connectivity index (χ2v) is 10.2. The van der Waals surface area contributed by atoms with Gasteiger partial charge < -0.3 is 21.5 Å². The van der Waals surface area contributed by atoms with Crippen molar-refractivity contribution in [3.05, 3.63) is 76.0 Å². The molecule has 0 bridgehead atoms. The molecule has 1 aliphatic heterocycles. The molecule has 2 atom stereocenters. The van der Waals surface area contributed by atoms with Crippen molar-refractivity contribution in [3.8, 4) is 0 Å². The van der Waals surface area contributed by atoms with Gasteiger partial charge in [-0.15, -0.1) is 0 Å². The van der Waals surface area contributed by atoms with E-state index in [1.165, 1.54) is 29.2 Å². The molecule has 38 heavy (non-hydrogen) atoms. The zero-order chi connectivity index (χ0) is 27.4. The van der Waals surface area contributed by atoms with Gasteiger partial charge in [-0.2, -0.15) is 4.37 Å². The van der Waals surface area contributed by atoms with Crippen LogP contribution in [-0.4, -0.2) is 41.4 Å². The van der Waals surface area contributed by atoms with E-state index in [4.69, 9.17) is 16.2 Å². The molecular formula is C27H30FN5O4S. The van der Waals surface area contributed by atoms with E-state index in [-0.39, 0.29) is 34.8 Å². The van der Waals surface area contributed by atoms with E-state index in [0.717, 1.165) is 29.9 Å². The first-order valence-electron chi connectivity index (χ1n) is 12.3. The second kappa shape index (κ2) is 11.7. The maximum atomic E-state index is 14.1. The lowest BCUT2D eigenvalue weighted by Gasteiger charge is -2.32. The smallest absolute Gasteiger partial charge is 0.273 e. The summed E-state index contributed by atoms with van der Waals surface area (Å²) in [6.07, 6.45) is 1.59. The highest BCUT2D eigenvalue weighted by Gasteiger charge is 2.36. The molecule has 1 fully saturated rings. The predicted molar refractivity (Wildman–Crippen MR) is 144 cm³/mol. The summed E-state index contributed by atoms with van der Waals surface area (Å²) in [6.45, 7) is 4.98. The van der Waals surface area contributed by atoms with Crippen LogP contribution in [-0.2, 0) is 9.53 Å². The lowest BCUT2D eigenvalue weighted by molar-refractivity contribution is -0.123. The minimum absolute atomic E-state index is 0.0363. The molecule has 11 heteroatoms. The summed E-state index contributed by atoms with van der Waals surface area (Å²) in [4.78, 5) is 40.8. The van der Waals surface area contributed by atoms with Gasteiger partial charge >= 0.3 is 0 Å². The maximum Gasteiger partial charge on any atom is 0.273 e. The Balaban J connectivity index is 1.81. The summed E-state index contributed by atoms with van der Waals surface area (Å²) in [5, 5.41) is 2.89. The molecule has 5 N–H and O–H groups in total. The monoisotopic (exact) mass is 539 g/mol. The number of amides is 3. The molecule has 1 aromatic heterocycles. The SMILES string of the molecule is CC(C)c1ccc(N(C(=O)c2snc(C(N)=O)c2N)[C@@H](C(=O)NC[C@@H]2CCCO2)c2ccc(F)cc2)cc1. The normalized spacial score (nSPS) is 15.8. The summed E-state index contributed by atoms with van der Waals surface area (Å²) in [7, 11) is 0. The van der Waals surface area contributed by atoms with E-state index >= 15 is 0 Å². The van der Waals surface area contributed by atoms with Crippen LogP contribution < -0.4 is 21.7 Å². The van der Waals surface area contributed by atoms with Crippen LogP contribution in [0.1, 0.15) is 69.9 Å². The van der Waals surface area contributed by atoms with Gasteiger partial charge in [0.1, 0.15) is 16.7 Å². The minimum Gasteiger partial charge on any atom is -0.395 e. The van der Waals surface area contributed by atoms with E-state index in [2.05, 4.69) is 9.69 Å². The summed E-state index contributed by atoms with van der Waals surface area (Å²) in [6, 6.07) is 11.4. The number of hydrogen-bond donors (Lipinski definition) is 3. The van der Waals surface area contributed by atoms with Crippen molar-refractivity contribution in [2.24, 2.45) is 5.73 Å². The van der Waals surface area contributed by atoms with Gasteiger partial charge in [-0.1, -0.05) is 38.1 Å². The number of nitrogens with zero attached hydrogens (tertiary/aromatic N) is 2. The average molecular weight is 540 g/mol. The molecule has 3 aromatic rings. The van der Waals surface area contributed by atoms with Crippen LogP contribution in [0, 0.1) is 5.82 Å². The van der Waals surface area contributed by atoms with Crippen LogP contribution in [0.25, 0.3) is 0 Å². The van der Waals surface area contributed by atoms with E-state index in [1.54, 1.807) is 12.1 Å². The third kappa shape index (κ3) is 5.84. The van der Waals surface area contributed by atoms with Crippen LogP contribution in [0.15, 0.2) is 48.5 Å². The number of carbonyl (C=O) groups is 3. The van der Waals surface area contributed by atoms with Crippen molar-refractivity contribution in [2.45, 2.75) is 44.8 Å². The van der Waals surface area contributed by atoms with Gasteiger partial charge in [-0.3, -0.25) is 19.3 Å². The fraction of sp³-hybridized carbons (Fsp3) is 0.333. The zero-order valence-corrected chi connectivity index (χ0v) is 22.0. The van der Waals surface area contributed by atoms with Gasteiger partial charge in [0.05, 0.1) is 11.8 Å². The Morgan fingerprint density at radius 1 is 1.13 bits per heavy atom. The molecule has 2 heterocycles. The molecule has 9 nitrogen and oxygen atoms in total. The van der Waals surface area contributed by atoms with Gasteiger partial charge in [0.15, 0.2) is 5.69 Å². The molecule has 200 valence electrons. The molecule has 3 amide bonds. The number of rotatable bonds is 9. The number of halogens is 1. The molecule has 1 saturated heterocycles. The first-order chi connectivity index (χ1) is 18.2. The number of nitrogen functional groups attached to an aromatic ring is 1. The molecular weight excluding hydrogens is 509 g/mol. The topological polar surface area (TPSA) is 141 Å². The predicted octanol–water partition coefficient (Wildman–Crippen LogP) is 3.77. The Labute approximate surface area is 224 Å². The molecule has 0 unspecified atom stereocenters. The fourth-order valence-corrected chi connectivity index (χ4v) is 5.06. The minimum atomic E-state index is -1.19. The number of hydrogen-bond acceptors (Lipinski definition) is 7. The Morgan fingerprint density at radius 3 is 2.34 bits per heavy atom. The largest absolute Gasteiger partial charge is 0.395 e. The molecule has 0 spiro atoms. The first-order valence-corrected chi connectivity index (χ1v) is 13.1. The third-order valence-corrected chi connectivity index (χ3v) is 7.28. The Kier molecular flexibility index (Phi) is 8.38.